The average molecular weight is 286 g/mol. The first-order valence-corrected chi connectivity index (χ1v) is 8.97. The second kappa shape index (κ2) is 6.96. The van der Waals surface area contributed by atoms with Gasteiger partial charge in [0.05, 0.1) is 0 Å². The van der Waals surface area contributed by atoms with Crippen LogP contribution in [-0.2, 0) is 0 Å². The molecule has 0 bridgehead atoms. The molecule has 2 fully saturated rings. The van der Waals surface area contributed by atoms with Gasteiger partial charge in [-0.2, -0.15) is 0 Å². The van der Waals surface area contributed by atoms with Crippen molar-refractivity contribution in [2.45, 2.75) is 70.1 Å². The number of rotatable bonds is 3. The highest BCUT2D eigenvalue weighted by Gasteiger charge is 2.23. The highest BCUT2D eigenvalue weighted by Crippen LogP contribution is 2.38. The van der Waals surface area contributed by atoms with E-state index in [1.165, 1.54) is 56.9 Å². The molecule has 21 heavy (non-hydrogen) atoms. The number of aliphatic hydroxyl groups excluding tert-OH is 1. The maximum Gasteiger partial charge on any atom is 0.0459 e. The number of hydrogen-bond acceptors (Lipinski definition) is 1. The highest BCUT2D eigenvalue weighted by atomic mass is 16.3. The monoisotopic (exact) mass is 286 g/mol. The predicted molar refractivity (Wildman–Crippen MR) is 88.6 cm³/mol. The molecule has 2 aliphatic rings. The zero-order valence-electron chi connectivity index (χ0n) is 13.4. The Morgan fingerprint density at radius 3 is 1.62 bits per heavy atom. The van der Waals surface area contributed by atoms with Crippen molar-refractivity contribution >= 4 is 0 Å². The van der Waals surface area contributed by atoms with Gasteiger partial charge in [-0.05, 0) is 73.3 Å². The molecule has 2 saturated carbocycles. The normalized spacial score (nSPS) is 33.8. The van der Waals surface area contributed by atoms with E-state index in [1.54, 1.807) is 5.56 Å². The minimum atomic E-state index is 0.381. The fourth-order valence-electron chi connectivity index (χ4n) is 4.31. The Bertz CT molecular complexity index is 420. The summed E-state index contributed by atoms with van der Waals surface area (Å²) in [6.07, 6.45) is 10.5. The first kappa shape index (κ1) is 15.1. The van der Waals surface area contributed by atoms with Crippen LogP contribution in [0.4, 0.5) is 0 Å². The minimum Gasteiger partial charge on any atom is -0.396 e. The number of aliphatic hydroxyl groups is 1. The molecule has 1 heteroatoms. The maximum atomic E-state index is 9.25. The van der Waals surface area contributed by atoms with Crippen molar-refractivity contribution in [3.63, 3.8) is 0 Å². The van der Waals surface area contributed by atoms with Crippen LogP contribution >= 0.6 is 0 Å². The largest absolute Gasteiger partial charge is 0.396 e. The summed E-state index contributed by atoms with van der Waals surface area (Å²) in [4.78, 5) is 0. The summed E-state index contributed by atoms with van der Waals surface area (Å²) in [6.45, 7) is 2.77. The second-order valence-corrected chi connectivity index (χ2v) is 7.52. The van der Waals surface area contributed by atoms with Crippen molar-refractivity contribution in [2.24, 2.45) is 11.8 Å². The SMILES string of the molecule is CC1CCC(c2ccc(C3CCC(CO)CC3)cc2)CC1. The second-order valence-electron chi connectivity index (χ2n) is 7.52. The molecule has 0 heterocycles. The van der Waals surface area contributed by atoms with E-state index in [4.69, 9.17) is 0 Å². The van der Waals surface area contributed by atoms with Crippen molar-refractivity contribution in [1.29, 1.82) is 0 Å². The van der Waals surface area contributed by atoms with Gasteiger partial charge in [-0.3, -0.25) is 0 Å². The van der Waals surface area contributed by atoms with Gasteiger partial charge in [0, 0.05) is 6.61 Å². The smallest absolute Gasteiger partial charge is 0.0459 e. The molecule has 1 aromatic rings. The van der Waals surface area contributed by atoms with E-state index in [0.29, 0.717) is 12.5 Å². The molecule has 0 aromatic heterocycles. The minimum absolute atomic E-state index is 0.381. The Morgan fingerprint density at radius 1 is 0.762 bits per heavy atom. The lowest BCUT2D eigenvalue weighted by molar-refractivity contribution is 0.182. The molecule has 0 amide bonds. The van der Waals surface area contributed by atoms with E-state index in [-0.39, 0.29) is 0 Å². The maximum absolute atomic E-state index is 9.25. The number of hydrogen-bond donors (Lipinski definition) is 1. The van der Waals surface area contributed by atoms with Gasteiger partial charge < -0.3 is 5.11 Å². The van der Waals surface area contributed by atoms with Crippen molar-refractivity contribution in [3.8, 4) is 0 Å². The molecule has 1 N–H and O–H groups in total. The van der Waals surface area contributed by atoms with Crippen molar-refractivity contribution in [2.75, 3.05) is 6.61 Å². The van der Waals surface area contributed by atoms with Gasteiger partial charge in [0.25, 0.3) is 0 Å². The van der Waals surface area contributed by atoms with Gasteiger partial charge in [0.2, 0.25) is 0 Å². The molecule has 0 spiro atoms. The van der Waals surface area contributed by atoms with Crippen LogP contribution in [0.1, 0.15) is 81.3 Å². The molecular formula is C20H30O. The zero-order valence-corrected chi connectivity index (χ0v) is 13.4. The summed E-state index contributed by atoms with van der Waals surface area (Å²) in [5.41, 5.74) is 3.09. The Morgan fingerprint density at radius 2 is 1.19 bits per heavy atom. The molecule has 2 aliphatic carbocycles. The van der Waals surface area contributed by atoms with Crippen LogP contribution in [0.3, 0.4) is 0 Å². The van der Waals surface area contributed by atoms with Crippen LogP contribution in [-0.4, -0.2) is 11.7 Å². The van der Waals surface area contributed by atoms with Crippen LogP contribution in [0.2, 0.25) is 0 Å². The molecule has 1 aromatic carbocycles. The predicted octanol–water partition coefficient (Wildman–Crippen LogP) is 5.25. The topological polar surface area (TPSA) is 20.2 Å². The van der Waals surface area contributed by atoms with E-state index >= 15 is 0 Å². The van der Waals surface area contributed by atoms with Gasteiger partial charge in [-0.1, -0.05) is 44.0 Å². The summed E-state index contributed by atoms with van der Waals surface area (Å²) >= 11 is 0. The van der Waals surface area contributed by atoms with Crippen LogP contribution in [0, 0.1) is 11.8 Å². The zero-order chi connectivity index (χ0) is 14.7. The molecule has 0 atom stereocenters. The molecule has 1 nitrogen and oxygen atoms in total. The van der Waals surface area contributed by atoms with Gasteiger partial charge in [-0.15, -0.1) is 0 Å². The Balaban J connectivity index is 1.59. The quantitative estimate of drug-likeness (QED) is 0.805. The lowest BCUT2D eigenvalue weighted by atomic mass is 9.77. The number of benzene rings is 1. The third kappa shape index (κ3) is 3.69. The van der Waals surface area contributed by atoms with Crippen LogP contribution < -0.4 is 0 Å². The molecule has 116 valence electrons. The molecule has 0 radical (unpaired) electrons. The van der Waals surface area contributed by atoms with Gasteiger partial charge in [-0.25, -0.2) is 0 Å². The summed E-state index contributed by atoms with van der Waals surface area (Å²) in [5, 5.41) is 9.25. The molecule has 3 rings (SSSR count). The molecule has 0 aliphatic heterocycles. The Kier molecular flexibility index (Phi) is 5.00. The fraction of sp³-hybridized carbons (Fsp3) is 0.700. The summed E-state index contributed by atoms with van der Waals surface area (Å²) in [7, 11) is 0. The Labute approximate surface area is 129 Å². The van der Waals surface area contributed by atoms with Gasteiger partial charge in [0.15, 0.2) is 0 Å². The van der Waals surface area contributed by atoms with Crippen LogP contribution in [0.5, 0.6) is 0 Å². The van der Waals surface area contributed by atoms with E-state index in [2.05, 4.69) is 31.2 Å². The molecular weight excluding hydrogens is 256 g/mol. The average Bonchev–Trinajstić information content (AvgIpc) is 2.56. The van der Waals surface area contributed by atoms with E-state index < -0.39 is 0 Å². The first-order chi connectivity index (χ1) is 10.3. The van der Waals surface area contributed by atoms with E-state index in [9.17, 15) is 5.11 Å². The van der Waals surface area contributed by atoms with Crippen molar-refractivity contribution in [3.05, 3.63) is 35.4 Å². The summed E-state index contributed by atoms with van der Waals surface area (Å²) < 4.78 is 0. The summed E-state index contributed by atoms with van der Waals surface area (Å²) in [5.74, 6) is 3.03. The lowest BCUT2D eigenvalue weighted by Gasteiger charge is -2.29. The third-order valence-electron chi connectivity index (χ3n) is 6.00. The third-order valence-corrected chi connectivity index (χ3v) is 6.00. The summed E-state index contributed by atoms with van der Waals surface area (Å²) in [6, 6.07) is 9.57. The molecule has 0 unspecified atom stereocenters. The lowest BCUT2D eigenvalue weighted by Crippen LogP contribution is -2.16. The highest BCUT2D eigenvalue weighted by molar-refractivity contribution is 5.28. The Hall–Kier alpha value is -0.820. The standard InChI is InChI=1S/C20H30O/c1-15-2-6-17(7-3-15)19-10-12-20(13-11-19)18-8-4-16(14-21)5-9-18/h10-13,15-18,21H,2-9,14H2,1H3. The van der Waals surface area contributed by atoms with E-state index in [1.807, 2.05) is 0 Å². The first-order valence-electron chi connectivity index (χ1n) is 8.97. The van der Waals surface area contributed by atoms with Crippen molar-refractivity contribution in [1.82, 2.24) is 0 Å². The molecule has 0 saturated heterocycles. The van der Waals surface area contributed by atoms with Gasteiger partial charge >= 0.3 is 0 Å². The van der Waals surface area contributed by atoms with E-state index in [0.717, 1.165) is 17.8 Å². The van der Waals surface area contributed by atoms with Crippen molar-refractivity contribution < 1.29 is 5.11 Å². The van der Waals surface area contributed by atoms with Crippen LogP contribution in [0.25, 0.3) is 0 Å². The fourth-order valence-corrected chi connectivity index (χ4v) is 4.31. The van der Waals surface area contributed by atoms with Crippen LogP contribution in [0.15, 0.2) is 24.3 Å². The van der Waals surface area contributed by atoms with Gasteiger partial charge in [0.1, 0.15) is 0 Å².